The van der Waals surface area contributed by atoms with Crippen molar-refractivity contribution in [1.82, 2.24) is 4.90 Å². The zero-order chi connectivity index (χ0) is 28.9. The van der Waals surface area contributed by atoms with E-state index in [1.54, 1.807) is 0 Å². The summed E-state index contributed by atoms with van der Waals surface area (Å²) in [6.45, 7) is 3.76. The van der Waals surface area contributed by atoms with Gasteiger partial charge in [-0.2, -0.15) is 13.2 Å². The molecule has 2 saturated heterocycles. The van der Waals surface area contributed by atoms with E-state index in [1.807, 2.05) is 0 Å². The van der Waals surface area contributed by atoms with Gasteiger partial charge in [-0.15, -0.1) is 0 Å². The molecule has 13 nitrogen and oxygen atoms in total. The monoisotopic (exact) mass is 555 g/mol. The van der Waals surface area contributed by atoms with Gasteiger partial charge in [0.2, 0.25) is 6.29 Å². The van der Waals surface area contributed by atoms with Gasteiger partial charge in [-0.1, -0.05) is 0 Å². The SMILES string of the molecule is CC(=O)OCC1O[C@@H](OC(C)=O)C(OC(C)=O)C(C2[C@@H](OC(C)=O)CCN2C(=O)C(F)(F)F)[C@H]1OC(C)=O. The lowest BCUT2D eigenvalue weighted by Crippen LogP contribution is -2.66. The molecule has 0 saturated carbocycles. The van der Waals surface area contributed by atoms with E-state index in [4.69, 9.17) is 28.4 Å². The van der Waals surface area contributed by atoms with Gasteiger partial charge in [0.1, 0.15) is 24.9 Å². The third-order valence-corrected chi connectivity index (χ3v) is 5.65. The fourth-order valence-corrected chi connectivity index (χ4v) is 4.58. The zero-order valence-electron chi connectivity index (χ0n) is 21.1. The van der Waals surface area contributed by atoms with Crippen LogP contribution in [0.1, 0.15) is 41.0 Å². The highest BCUT2D eigenvalue weighted by Gasteiger charge is 2.61. The van der Waals surface area contributed by atoms with Crippen molar-refractivity contribution in [3.63, 3.8) is 0 Å². The molecule has 38 heavy (non-hydrogen) atoms. The Kier molecular flexibility index (Phi) is 10.1. The fourth-order valence-electron chi connectivity index (χ4n) is 4.58. The van der Waals surface area contributed by atoms with Crippen molar-refractivity contribution in [2.24, 2.45) is 5.92 Å². The third-order valence-electron chi connectivity index (χ3n) is 5.65. The molecular formula is C22H28F3NO12. The minimum Gasteiger partial charge on any atom is -0.463 e. The van der Waals surface area contributed by atoms with Gasteiger partial charge in [0.15, 0.2) is 6.10 Å². The molecule has 0 aromatic rings. The van der Waals surface area contributed by atoms with Crippen molar-refractivity contribution in [1.29, 1.82) is 0 Å². The molecule has 1 amide bonds. The quantitative estimate of drug-likeness (QED) is 0.315. The largest absolute Gasteiger partial charge is 0.471 e. The molecule has 2 fully saturated rings. The average Bonchev–Trinajstić information content (AvgIpc) is 3.14. The molecular weight excluding hydrogens is 527 g/mol. The van der Waals surface area contributed by atoms with E-state index >= 15 is 0 Å². The van der Waals surface area contributed by atoms with Crippen molar-refractivity contribution in [3.8, 4) is 0 Å². The summed E-state index contributed by atoms with van der Waals surface area (Å²) < 4.78 is 72.2. The van der Waals surface area contributed by atoms with E-state index in [9.17, 15) is 41.9 Å². The second kappa shape index (κ2) is 12.4. The van der Waals surface area contributed by atoms with Crippen LogP contribution in [0.2, 0.25) is 0 Å². The Morgan fingerprint density at radius 2 is 1.32 bits per heavy atom. The van der Waals surface area contributed by atoms with Gasteiger partial charge < -0.3 is 33.3 Å². The van der Waals surface area contributed by atoms with Crippen LogP contribution in [0.4, 0.5) is 13.2 Å². The van der Waals surface area contributed by atoms with Gasteiger partial charge in [-0.25, -0.2) is 0 Å². The van der Waals surface area contributed by atoms with E-state index in [1.165, 1.54) is 0 Å². The predicted molar refractivity (Wildman–Crippen MR) is 113 cm³/mol. The maximum atomic E-state index is 13.6. The Hall–Kier alpha value is -3.43. The number of alkyl halides is 3. The number of amides is 1. The lowest BCUT2D eigenvalue weighted by Gasteiger charge is -2.48. The highest BCUT2D eigenvalue weighted by atomic mass is 19.4. The Morgan fingerprint density at radius 1 is 0.789 bits per heavy atom. The Bertz CT molecular complexity index is 954. The first-order valence-electron chi connectivity index (χ1n) is 11.4. The minimum absolute atomic E-state index is 0.254. The lowest BCUT2D eigenvalue weighted by atomic mass is 9.80. The summed E-state index contributed by atoms with van der Waals surface area (Å²) in [5.41, 5.74) is 0. The van der Waals surface area contributed by atoms with Crippen LogP contribution < -0.4 is 0 Å². The maximum Gasteiger partial charge on any atom is 0.471 e. The Morgan fingerprint density at radius 3 is 1.79 bits per heavy atom. The summed E-state index contributed by atoms with van der Waals surface area (Å²) in [6, 6.07) is -1.71. The van der Waals surface area contributed by atoms with Gasteiger partial charge in [0.05, 0.1) is 12.0 Å². The number of hydrogen-bond acceptors (Lipinski definition) is 12. The first-order valence-corrected chi connectivity index (χ1v) is 11.4. The number of halogens is 3. The predicted octanol–water partition coefficient (Wildman–Crippen LogP) is 0.412. The smallest absolute Gasteiger partial charge is 0.463 e. The number of ether oxygens (including phenoxy) is 6. The Balaban J connectivity index is 2.75. The third kappa shape index (κ3) is 7.79. The van der Waals surface area contributed by atoms with E-state index in [0.717, 1.165) is 34.6 Å². The van der Waals surface area contributed by atoms with Crippen LogP contribution in [0.15, 0.2) is 0 Å². The van der Waals surface area contributed by atoms with Crippen molar-refractivity contribution < 1.29 is 70.4 Å². The van der Waals surface area contributed by atoms with Gasteiger partial charge in [0, 0.05) is 47.6 Å². The van der Waals surface area contributed by atoms with Crippen LogP contribution in [-0.2, 0) is 57.2 Å². The van der Waals surface area contributed by atoms with Crippen LogP contribution in [0.3, 0.4) is 0 Å². The van der Waals surface area contributed by atoms with Crippen molar-refractivity contribution >= 4 is 35.8 Å². The van der Waals surface area contributed by atoms with Crippen molar-refractivity contribution in [2.45, 2.75) is 84.0 Å². The highest BCUT2D eigenvalue weighted by molar-refractivity contribution is 5.82. The summed E-state index contributed by atoms with van der Waals surface area (Å²) in [6.07, 6.45) is -13.6. The second-order valence-electron chi connectivity index (χ2n) is 8.60. The Labute approximate surface area is 214 Å². The van der Waals surface area contributed by atoms with Crippen LogP contribution >= 0.6 is 0 Å². The van der Waals surface area contributed by atoms with E-state index in [-0.39, 0.29) is 6.42 Å². The molecule has 0 aliphatic carbocycles. The van der Waals surface area contributed by atoms with Gasteiger partial charge in [-0.3, -0.25) is 28.8 Å². The molecule has 2 aliphatic rings. The number of esters is 5. The summed E-state index contributed by atoms with van der Waals surface area (Å²) in [4.78, 5) is 72.0. The number of nitrogens with zero attached hydrogens (tertiary/aromatic N) is 1. The molecule has 0 N–H and O–H groups in total. The molecule has 0 spiro atoms. The van der Waals surface area contributed by atoms with Gasteiger partial charge in [-0.05, 0) is 0 Å². The molecule has 214 valence electrons. The van der Waals surface area contributed by atoms with Crippen LogP contribution in [0.25, 0.3) is 0 Å². The van der Waals surface area contributed by atoms with Crippen LogP contribution in [-0.4, -0.2) is 96.7 Å². The molecule has 0 aromatic carbocycles. The molecule has 16 heteroatoms. The zero-order valence-corrected chi connectivity index (χ0v) is 21.1. The van der Waals surface area contributed by atoms with Gasteiger partial charge in [0.25, 0.3) is 0 Å². The summed E-state index contributed by atoms with van der Waals surface area (Å²) in [5, 5.41) is 0. The van der Waals surface area contributed by atoms with Crippen molar-refractivity contribution in [2.75, 3.05) is 13.2 Å². The number of carbonyl (C=O) groups is 6. The first kappa shape index (κ1) is 30.8. The summed E-state index contributed by atoms with van der Waals surface area (Å²) in [7, 11) is 0. The standard InChI is InChI=1S/C22H28F3NO12/c1-9(27)33-8-15-18(35-11(3)29)16(19(36-12(4)30)20(38-15)37-13(5)31)17-14(34-10(2)28)6-7-26(17)21(32)22(23,24)25/h14-20H,6-8H2,1-5H3/t14-,15?,16?,17?,18-,19?,20+/m0/s1. The number of rotatable bonds is 7. The fraction of sp³-hybridized carbons (Fsp3) is 0.727. The van der Waals surface area contributed by atoms with Crippen LogP contribution in [0.5, 0.6) is 0 Å². The van der Waals surface area contributed by atoms with E-state index in [0.29, 0.717) is 4.90 Å². The second-order valence-corrected chi connectivity index (χ2v) is 8.60. The van der Waals surface area contributed by atoms with Crippen molar-refractivity contribution in [3.05, 3.63) is 0 Å². The van der Waals surface area contributed by atoms with Crippen LogP contribution in [0, 0.1) is 5.92 Å². The minimum atomic E-state index is -5.35. The number of likely N-dealkylation sites (tertiary alicyclic amines) is 1. The molecule has 7 atom stereocenters. The van der Waals surface area contributed by atoms with E-state index in [2.05, 4.69) is 0 Å². The molecule has 2 rings (SSSR count). The molecule has 0 aromatic heterocycles. The van der Waals surface area contributed by atoms with E-state index < -0.39 is 97.7 Å². The maximum absolute atomic E-state index is 13.6. The average molecular weight is 555 g/mol. The summed E-state index contributed by atoms with van der Waals surface area (Å²) in [5.74, 6) is -8.50. The first-order chi connectivity index (χ1) is 17.5. The lowest BCUT2D eigenvalue weighted by molar-refractivity contribution is -0.295. The molecule has 0 bridgehead atoms. The molecule has 0 radical (unpaired) electrons. The number of hydrogen-bond donors (Lipinski definition) is 0. The number of carbonyl (C=O) groups excluding carboxylic acids is 6. The normalized spacial score (nSPS) is 29.2. The molecule has 2 aliphatic heterocycles. The summed E-state index contributed by atoms with van der Waals surface area (Å²) >= 11 is 0. The molecule has 2 heterocycles. The molecule has 4 unspecified atom stereocenters. The highest BCUT2D eigenvalue weighted by Crippen LogP contribution is 2.41. The van der Waals surface area contributed by atoms with Gasteiger partial charge >= 0.3 is 41.9 Å². The topological polar surface area (TPSA) is 161 Å².